The fraction of sp³-hybridized carbons (Fsp3) is 0.500. The van der Waals surface area contributed by atoms with Crippen LogP contribution in [0, 0.1) is 5.82 Å². The standard InChI is InChI=1S/C14H18FNO3/c1-3-18-13(17)14(8-9-19-10(14)2)16-12-6-4-11(15)5-7-12/h4-7,10,16H,3,8-9H2,1-2H3. The smallest absolute Gasteiger partial charge is 0.334 e. The lowest BCUT2D eigenvalue weighted by molar-refractivity contribution is -0.150. The van der Waals surface area contributed by atoms with Gasteiger partial charge < -0.3 is 14.8 Å². The molecule has 1 aliphatic heterocycles. The van der Waals surface area contributed by atoms with Crippen LogP contribution in [0.4, 0.5) is 10.1 Å². The molecule has 1 N–H and O–H groups in total. The van der Waals surface area contributed by atoms with Crippen molar-refractivity contribution < 1.29 is 18.7 Å². The summed E-state index contributed by atoms with van der Waals surface area (Å²) in [6, 6.07) is 5.89. The predicted octanol–water partition coefficient (Wildman–Crippen LogP) is 2.35. The number of esters is 1. The Morgan fingerprint density at radius 3 is 2.74 bits per heavy atom. The minimum Gasteiger partial charge on any atom is -0.464 e. The Morgan fingerprint density at radius 1 is 1.53 bits per heavy atom. The molecule has 19 heavy (non-hydrogen) atoms. The molecule has 0 bridgehead atoms. The summed E-state index contributed by atoms with van der Waals surface area (Å²) in [5.74, 6) is -0.643. The topological polar surface area (TPSA) is 47.6 Å². The number of anilines is 1. The largest absolute Gasteiger partial charge is 0.464 e. The van der Waals surface area contributed by atoms with Gasteiger partial charge >= 0.3 is 5.97 Å². The number of benzene rings is 1. The number of carbonyl (C=O) groups is 1. The van der Waals surface area contributed by atoms with E-state index in [9.17, 15) is 9.18 Å². The van der Waals surface area contributed by atoms with Gasteiger partial charge in [-0.3, -0.25) is 0 Å². The van der Waals surface area contributed by atoms with Gasteiger partial charge in [-0.05, 0) is 38.1 Å². The molecular formula is C14H18FNO3. The van der Waals surface area contributed by atoms with Crippen molar-refractivity contribution in [3.8, 4) is 0 Å². The SMILES string of the molecule is CCOC(=O)C1(Nc2ccc(F)cc2)CCOC1C. The lowest BCUT2D eigenvalue weighted by Crippen LogP contribution is -2.52. The second kappa shape index (κ2) is 5.57. The molecule has 1 aromatic carbocycles. The van der Waals surface area contributed by atoms with Crippen LogP contribution in [-0.4, -0.2) is 30.8 Å². The first-order valence-corrected chi connectivity index (χ1v) is 6.41. The van der Waals surface area contributed by atoms with Gasteiger partial charge in [-0.1, -0.05) is 0 Å². The number of hydrogen-bond acceptors (Lipinski definition) is 4. The van der Waals surface area contributed by atoms with E-state index >= 15 is 0 Å². The van der Waals surface area contributed by atoms with Crippen LogP contribution in [0.15, 0.2) is 24.3 Å². The van der Waals surface area contributed by atoms with E-state index in [1.54, 1.807) is 19.1 Å². The zero-order valence-electron chi connectivity index (χ0n) is 11.1. The van der Waals surface area contributed by atoms with Crippen molar-refractivity contribution in [2.24, 2.45) is 0 Å². The van der Waals surface area contributed by atoms with Crippen molar-refractivity contribution in [2.75, 3.05) is 18.5 Å². The molecule has 2 atom stereocenters. The van der Waals surface area contributed by atoms with Gasteiger partial charge in [0.05, 0.1) is 12.7 Å². The van der Waals surface area contributed by atoms with E-state index in [0.717, 1.165) is 0 Å². The zero-order chi connectivity index (χ0) is 13.9. The van der Waals surface area contributed by atoms with Crippen LogP contribution in [0.25, 0.3) is 0 Å². The van der Waals surface area contributed by atoms with Crippen LogP contribution >= 0.6 is 0 Å². The third-order valence-corrected chi connectivity index (χ3v) is 3.41. The van der Waals surface area contributed by atoms with Gasteiger partial charge in [0.25, 0.3) is 0 Å². The molecular weight excluding hydrogens is 249 g/mol. The third-order valence-electron chi connectivity index (χ3n) is 3.41. The van der Waals surface area contributed by atoms with Crippen molar-refractivity contribution >= 4 is 11.7 Å². The molecule has 2 unspecified atom stereocenters. The Hall–Kier alpha value is -1.62. The van der Waals surface area contributed by atoms with Gasteiger partial charge in [0.2, 0.25) is 0 Å². The lowest BCUT2D eigenvalue weighted by atomic mass is 9.91. The molecule has 1 saturated heterocycles. The number of ether oxygens (including phenoxy) is 2. The fourth-order valence-corrected chi connectivity index (χ4v) is 2.28. The zero-order valence-corrected chi connectivity index (χ0v) is 11.1. The van der Waals surface area contributed by atoms with E-state index in [1.165, 1.54) is 12.1 Å². The summed E-state index contributed by atoms with van der Waals surface area (Å²) in [6.45, 7) is 4.41. The van der Waals surface area contributed by atoms with Crippen LogP contribution in [0.5, 0.6) is 0 Å². The first-order chi connectivity index (χ1) is 9.08. The molecule has 1 heterocycles. The molecule has 0 aromatic heterocycles. The molecule has 0 radical (unpaired) electrons. The quantitative estimate of drug-likeness (QED) is 0.851. The fourth-order valence-electron chi connectivity index (χ4n) is 2.28. The summed E-state index contributed by atoms with van der Waals surface area (Å²) >= 11 is 0. The van der Waals surface area contributed by atoms with Gasteiger partial charge in [0.1, 0.15) is 5.82 Å². The van der Waals surface area contributed by atoms with Crippen LogP contribution in [0.1, 0.15) is 20.3 Å². The molecule has 5 heteroatoms. The minimum absolute atomic E-state index is 0.295. The molecule has 0 aliphatic carbocycles. The highest BCUT2D eigenvalue weighted by Gasteiger charge is 2.49. The van der Waals surface area contributed by atoms with Crippen LogP contribution < -0.4 is 5.32 Å². The van der Waals surface area contributed by atoms with E-state index in [0.29, 0.717) is 25.3 Å². The number of hydrogen-bond donors (Lipinski definition) is 1. The minimum atomic E-state index is -0.895. The Balaban J connectivity index is 2.23. The molecule has 1 aromatic rings. The molecule has 104 valence electrons. The van der Waals surface area contributed by atoms with Gasteiger partial charge in [-0.25, -0.2) is 9.18 Å². The maximum absolute atomic E-state index is 12.9. The van der Waals surface area contributed by atoms with E-state index in [2.05, 4.69) is 5.32 Å². The van der Waals surface area contributed by atoms with Crippen molar-refractivity contribution in [1.29, 1.82) is 0 Å². The highest BCUT2D eigenvalue weighted by molar-refractivity contribution is 5.86. The average Bonchev–Trinajstić information content (AvgIpc) is 2.75. The van der Waals surface area contributed by atoms with Crippen LogP contribution in [-0.2, 0) is 14.3 Å². The maximum atomic E-state index is 12.9. The van der Waals surface area contributed by atoms with E-state index in [-0.39, 0.29) is 17.9 Å². The summed E-state index contributed by atoms with van der Waals surface area (Å²) in [4.78, 5) is 12.2. The summed E-state index contributed by atoms with van der Waals surface area (Å²) < 4.78 is 23.5. The normalized spacial score (nSPS) is 26.2. The van der Waals surface area contributed by atoms with Crippen LogP contribution in [0.3, 0.4) is 0 Å². The Bertz CT molecular complexity index is 449. The molecule has 1 aliphatic rings. The first kappa shape index (κ1) is 13.8. The molecule has 0 spiro atoms. The lowest BCUT2D eigenvalue weighted by Gasteiger charge is -2.31. The van der Waals surface area contributed by atoms with Gasteiger partial charge in [-0.2, -0.15) is 0 Å². The van der Waals surface area contributed by atoms with Crippen molar-refractivity contribution in [2.45, 2.75) is 31.9 Å². The highest BCUT2D eigenvalue weighted by atomic mass is 19.1. The van der Waals surface area contributed by atoms with Crippen molar-refractivity contribution in [3.63, 3.8) is 0 Å². The molecule has 1 fully saturated rings. The van der Waals surface area contributed by atoms with E-state index < -0.39 is 5.54 Å². The summed E-state index contributed by atoms with van der Waals surface area (Å²) in [5.41, 5.74) is -0.222. The summed E-state index contributed by atoms with van der Waals surface area (Å²) in [7, 11) is 0. The molecule has 4 nitrogen and oxygen atoms in total. The van der Waals surface area contributed by atoms with Gasteiger partial charge in [0, 0.05) is 18.7 Å². The summed E-state index contributed by atoms with van der Waals surface area (Å²) in [5, 5.41) is 3.15. The molecule has 0 amide bonds. The van der Waals surface area contributed by atoms with Crippen molar-refractivity contribution in [3.05, 3.63) is 30.1 Å². The highest BCUT2D eigenvalue weighted by Crippen LogP contribution is 2.31. The number of carbonyl (C=O) groups excluding carboxylic acids is 1. The molecule has 2 rings (SSSR count). The number of rotatable bonds is 4. The number of nitrogens with one attached hydrogen (secondary N) is 1. The third kappa shape index (κ3) is 2.71. The average molecular weight is 267 g/mol. The van der Waals surface area contributed by atoms with Crippen LogP contribution in [0.2, 0.25) is 0 Å². The van der Waals surface area contributed by atoms with Gasteiger partial charge in [0.15, 0.2) is 5.54 Å². The molecule has 0 saturated carbocycles. The van der Waals surface area contributed by atoms with E-state index in [4.69, 9.17) is 9.47 Å². The van der Waals surface area contributed by atoms with E-state index in [1.807, 2.05) is 6.92 Å². The monoisotopic (exact) mass is 267 g/mol. The number of halogens is 1. The Labute approximate surface area is 111 Å². The Kier molecular flexibility index (Phi) is 4.04. The summed E-state index contributed by atoms with van der Waals surface area (Å²) in [6.07, 6.45) is 0.237. The Morgan fingerprint density at radius 2 is 2.21 bits per heavy atom. The second-order valence-corrected chi connectivity index (χ2v) is 4.59. The maximum Gasteiger partial charge on any atom is 0.334 e. The second-order valence-electron chi connectivity index (χ2n) is 4.59. The van der Waals surface area contributed by atoms with Gasteiger partial charge in [-0.15, -0.1) is 0 Å². The van der Waals surface area contributed by atoms with Crippen molar-refractivity contribution in [1.82, 2.24) is 0 Å². The first-order valence-electron chi connectivity index (χ1n) is 6.41. The predicted molar refractivity (Wildman–Crippen MR) is 69.4 cm³/mol.